The van der Waals surface area contributed by atoms with Crippen LogP contribution in [-0.2, 0) is 0 Å². The molecule has 4 nitrogen and oxygen atoms in total. The molecule has 0 unspecified atom stereocenters. The smallest absolute Gasteiger partial charge is 0.270 e. The van der Waals surface area contributed by atoms with Crippen LogP contribution in [0.4, 0.5) is 0 Å². The molecule has 1 aliphatic carbocycles. The Balaban J connectivity index is 2.04. The van der Waals surface area contributed by atoms with Crippen molar-refractivity contribution in [1.29, 1.82) is 0 Å². The van der Waals surface area contributed by atoms with E-state index in [2.05, 4.69) is 19.3 Å². The van der Waals surface area contributed by atoms with E-state index in [-0.39, 0.29) is 17.1 Å². The lowest BCUT2D eigenvalue weighted by atomic mass is 9.95. The third kappa shape index (κ3) is 4.17. The van der Waals surface area contributed by atoms with Crippen molar-refractivity contribution in [3.05, 3.63) is 21.9 Å². The van der Waals surface area contributed by atoms with E-state index in [1.165, 1.54) is 11.3 Å². The van der Waals surface area contributed by atoms with E-state index in [1.807, 2.05) is 11.4 Å². The summed E-state index contributed by atoms with van der Waals surface area (Å²) in [5.41, 5.74) is 9.36. The second-order valence-corrected chi connectivity index (χ2v) is 7.19. The van der Waals surface area contributed by atoms with Crippen LogP contribution in [0.5, 0.6) is 0 Å². The molecule has 116 valence electrons. The van der Waals surface area contributed by atoms with Gasteiger partial charge in [-0.1, -0.05) is 33.1 Å². The van der Waals surface area contributed by atoms with Gasteiger partial charge in [-0.05, 0) is 37.0 Å². The van der Waals surface area contributed by atoms with Gasteiger partial charge in [0.25, 0.3) is 5.91 Å². The minimum atomic E-state index is -0.128. The molecule has 0 radical (unpaired) electrons. The Kier molecular flexibility index (Phi) is 5.58. The number of nitrogens with two attached hydrogens (primary N) is 1. The highest BCUT2D eigenvalue weighted by atomic mass is 32.1. The van der Waals surface area contributed by atoms with Gasteiger partial charge in [-0.15, -0.1) is 11.3 Å². The monoisotopic (exact) mass is 325 g/mol. The first-order valence-corrected chi connectivity index (χ1v) is 8.76. The van der Waals surface area contributed by atoms with Crippen LogP contribution < -0.4 is 11.2 Å². The van der Waals surface area contributed by atoms with Crippen LogP contribution in [0.25, 0.3) is 0 Å². The molecule has 1 heterocycles. The molecule has 1 amide bonds. The zero-order valence-electron chi connectivity index (χ0n) is 12.6. The lowest BCUT2D eigenvalue weighted by Gasteiger charge is -2.34. The Hall–Kier alpha value is -1.14. The summed E-state index contributed by atoms with van der Waals surface area (Å²) >= 11 is 6.72. The van der Waals surface area contributed by atoms with Crippen LogP contribution in [0.2, 0.25) is 0 Å². The van der Waals surface area contributed by atoms with Gasteiger partial charge in [-0.2, -0.15) is 0 Å². The zero-order chi connectivity index (χ0) is 15.4. The van der Waals surface area contributed by atoms with Gasteiger partial charge in [0.1, 0.15) is 0 Å². The standard InChI is InChI=1S/C15H23N3OS2/c1-10(2)13-8-11(9-21-13)14(19)17-18(15(16)20)12-6-4-3-5-7-12/h8-10,12H,3-7H2,1-2H3,(H2,16,20)(H,17,19). The average Bonchev–Trinajstić information content (AvgIpc) is 2.95. The maximum atomic E-state index is 12.4. The van der Waals surface area contributed by atoms with Gasteiger partial charge in [-0.25, -0.2) is 0 Å². The van der Waals surface area contributed by atoms with Gasteiger partial charge in [0.2, 0.25) is 0 Å². The third-order valence-electron chi connectivity index (χ3n) is 3.85. The first-order chi connectivity index (χ1) is 9.99. The second kappa shape index (κ2) is 7.22. The zero-order valence-corrected chi connectivity index (χ0v) is 14.2. The summed E-state index contributed by atoms with van der Waals surface area (Å²) in [4.78, 5) is 13.6. The molecule has 1 aromatic rings. The Morgan fingerprint density at radius 2 is 2.10 bits per heavy atom. The molecule has 0 aliphatic heterocycles. The fraction of sp³-hybridized carbons (Fsp3) is 0.600. The summed E-state index contributed by atoms with van der Waals surface area (Å²) in [5.74, 6) is 0.304. The van der Waals surface area contributed by atoms with Crippen molar-refractivity contribution in [2.45, 2.75) is 57.9 Å². The topological polar surface area (TPSA) is 58.4 Å². The minimum Gasteiger partial charge on any atom is -0.375 e. The van der Waals surface area contributed by atoms with Crippen LogP contribution in [-0.4, -0.2) is 22.1 Å². The van der Waals surface area contributed by atoms with Gasteiger partial charge in [0, 0.05) is 10.3 Å². The molecule has 1 aromatic heterocycles. The number of nitrogens with one attached hydrogen (secondary N) is 1. The summed E-state index contributed by atoms with van der Waals surface area (Å²) in [5, 5.41) is 3.82. The predicted octanol–water partition coefficient (Wildman–Crippen LogP) is 3.39. The molecule has 1 fully saturated rings. The summed E-state index contributed by atoms with van der Waals surface area (Å²) in [7, 11) is 0. The quantitative estimate of drug-likeness (QED) is 0.660. The highest BCUT2D eigenvalue weighted by Gasteiger charge is 2.24. The van der Waals surface area contributed by atoms with Crippen LogP contribution in [0, 0.1) is 0 Å². The van der Waals surface area contributed by atoms with Crippen molar-refractivity contribution in [2.75, 3.05) is 0 Å². The lowest BCUT2D eigenvalue weighted by Crippen LogP contribution is -2.54. The van der Waals surface area contributed by atoms with Crippen molar-refractivity contribution in [2.24, 2.45) is 5.73 Å². The number of hydrogen-bond donors (Lipinski definition) is 2. The summed E-state index contributed by atoms with van der Waals surface area (Å²) in [6.07, 6.45) is 5.63. The number of hydrazine groups is 1. The minimum absolute atomic E-state index is 0.128. The van der Waals surface area contributed by atoms with E-state index in [0.717, 1.165) is 25.7 Å². The molecular weight excluding hydrogens is 302 g/mol. The Labute approximate surface area is 135 Å². The second-order valence-electron chi connectivity index (χ2n) is 5.83. The van der Waals surface area contributed by atoms with E-state index >= 15 is 0 Å². The lowest BCUT2D eigenvalue weighted by molar-refractivity contribution is 0.0809. The number of thiophene rings is 1. The number of hydrogen-bond acceptors (Lipinski definition) is 3. The number of carbonyl (C=O) groups is 1. The fourth-order valence-electron chi connectivity index (χ4n) is 2.61. The number of nitrogens with zero attached hydrogens (tertiary/aromatic N) is 1. The molecule has 2 rings (SSSR count). The van der Waals surface area contributed by atoms with E-state index in [0.29, 0.717) is 11.5 Å². The molecule has 0 aromatic carbocycles. The molecule has 0 spiro atoms. The first-order valence-electron chi connectivity index (χ1n) is 7.47. The SMILES string of the molecule is CC(C)c1cc(C(=O)NN(C(N)=S)C2CCCCC2)cs1. The number of carbonyl (C=O) groups excluding carboxylic acids is 1. The van der Waals surface area contributed by atoms with Crippen LogP contribution in [0.15, 0.2) is 11.4 Å². The molecule has 0 bridgehead atoms. The van der Waals surface area contributed by atoms with Gasteiger partial charge < -0.3 is 5.73 Å². The van der Waals surface area contributed by atoms with E-state index in [1.54, 1.807) is 16.3 Å². The Morgan fingerprint density at radius 3 is 2.62 bits per heavy atom. The predicted molar refractivity (Wildman–Crippen MR) is 91.4 cm³/mol. The average molecular weight is 326 g/mol. The summed E-state index contributed by atoms with van der Waals surface area (Å²) in [6, 6.07) is 2.17. The normalized spacial score (nSPS) is 16.0. The van der Waals surface area contributed by atoms with Crippen molar-refractivity contribution >= 4 is 34.6 Å². The fourth-order valence-corrected chi connectivity index (χ4v) is 3.71. The molecule has 1 saturated carbocycles. The van der Waals surface area contributed by atoms with E-state index in [4.69, 9.17) is 18.0 Å². The van der Waals surface area contributed by atoms with E-state index in [9.17, 15) is 4.79 Å². The summed E-state index contributed by atoms with van der Waals surface area (Å²) in [6.45, 7) is 4.24. The first kappa shape index (κ1) is 16.2. The Bertz CT molecular complexity index is 507. The maximum Gasteiger partial charge on any atom is 0.270 e. The molecule has 0 saturated heterocycles. The maximum absolute atomic E-state index is 12.4. The highest BCUT2D eigenvalue weighted by Crippen LogP contribution is 2.24. The van der Waals surface area contributed by atoms with Crippen molar-refractivity contribution in [1.82, 2.24) is 10.4 Å². The number of thiocarbonyl (C=S) groups is 1. The van der Waals surface area contributed by atoms with Crippen molar-refractivity contribution < 1.29 is 4.79 Å². The van der Waals surface area contributed by atoms with Crippen LogP contribution >= 0.6 is 23.6 Å². The number of amides is 1. The van der Waals surface area contributed by atoms with Crippen LogP contribution in [0.3, 0.4) is 0 Å². The highest BCUT2D eigenvalue weighted by molar-refractivity contribution is 7.80. The summed E-state index contributed by atoms with van der Waals surface area (Å²) < 4.78 is 0. The van der Waals surface area contributed by atoms with Gasteiger partial charge in [0.05, 0.1) is 11.6 Å². The number of rotatable bonds is 3. The van der Waals surface area contributed by atoms with Gasteiger partial charge >= 0.3 is 0 Å². The van der Waals surface area contributed by atoms with Gasteiger partial charge in [0.15, 0.2) is 5.11 Å². The largest absolute Gasteiger partial charge is 0.375 e. The molecule has 6 heteroatoms. The van der Waals surface area contributed by atoms with Crippen molar-refractivity contribution in [3.63, 3.8) is 0 Å². The molecule has 21 heavy (non-hydrogen) atoms. The van der Waals surface area contributed by atoms with Crippen LogP contribution in [0.1, 0.15) is 67.1 Å². The van der Waals surface area contributed by atoms with Gasteiger partial charge in [-0.3, -0.25) is 15.2 Å². The molecule has 0 atom stereocenters. The van der Waals surface area contributed by atoms with E-state index < -0.39 is 0 Å². The third-order valence-corrected chi connectivity index (χ3v) is 5.28. The van der Waals surface area contributed by atoms with Crippen molar-refractivity contribution in [3.8, 4) is 0 Å². The molecule has 1 aliphatic rings. The molecular formula is C15H23N3OS2. The Morgan fingerprint density at radius 1 is 1.43 bits per heavy atom. The molecule has 3 N–H and O–H groups in total.